The molecule has 0 unspecified atom stereocenters. The Balaban J connectivity index is 2.96. The first-order valence-electron chi connectivity index (χ1n) is 6.67. The molecule has 0 saturated carbocycles. The topological polar surface area (TPSA) is 75.7 Å². The van der Waals surface area contributed by atoms with Crippen LogP contribution in [0, 0.1) is 6.92 Å². The fraction of sp³-hybridized carbons (Fsp3) is 0.500. The van der Waals surface area contributed by atoms with Crippen LogP contribution in [0.1, 0.15) is 19.4 Å². The minimum absolute atomic E-state index is 0.263. The first kappa shape index (κ1) is 18.7. The maximum absolute atomic E-state index is 12.1. The quantitative estimate of drug-likeness (QED) is 0.855. The smallest absolute Gasteiger partial charge is 0.239 e. The maximum Gasteiger partial charge on any atom is 0.239 e. The second-order valence-corrected chi connectivity index (χ2v) is 7.59. The van der Waals surface area contributed by atoms with E-state index in [0.29, 0.717) is 16.5 Å². The van der Waals surface area contributed by atoms with Crippen molar-refractivity contribution in [2.45, 2.75) is 26.8 Å². The number of ether oxygens (including phenoxy) is 1. The van der Waals surface area contributed by atoms with E-state index >= 15 is 0 Å². The summed E-state index contributed by atoms with van der Waals surface area (Å²) in [7, 11) is -2.00. The minimum atomic E-state index is -3.46. The summed E-state index contributed by atoms with van der Waals surface area (Å²) in [6.45, 7) is 4.96. The number of nitrogens with zero attached hydrogens (tertiary/aromatic N) is 1. The molecule has 0 fully saturated rings. The van der Waals surface area contributed by atoms with Crippen molar-refractivity contribution in [1.82, 2.24) is 4.31 Å². The van der Waals surface area contributed by atoms with Crippen LogP contribution in [0.2, 0.25) is 5.02 Å². The van der Waals surface area contributed by atoms with Gasteiger partial charge in [-0.05, 0) is 32.4 Å². The Hall–Kier alpha value is -1.31. The van der Waals surface area contributed by atoms with Gasteiger partial charge in [0.1, 0.15) is 5.75 Å². The van der Waals surface area contributed by atoms with Gasteiger partial charge in [0.25, 0.3) is 0 Å². The number of carbonyl (C=O) groups excluding carboxylic acids is 1. The number of carbonyl (C=O) groups is 1. The second-order valence-electron chi connectivity index (χ2n) is 5.25. The molecule has 0 aliphatic carbocycles. The van der Waals surface area contributed by atoms with Gasteiger partial charge in [-0.3, -0.25) is 4.79 Å². The predicted octanol–water partition coefficient (Wildman–Crippen LogP) is 2.27. The molecule has 1 aromatic carbocycles. The summed E-state index contributed by atoms with van der Waals surface area (Å²) < 4.78 is 29.7. The molecule has 0 heterocycles. The molecule has 0 aromatic heterocycles. The molecule has 8 heteroatoms. The van der Waals surface area contributed by atoms with Crippen molar-refractivity contribution in [1.29, 1.82) is 0 Å². The lowest BCUT2D eigenvalue weighted by atomic mass is 10.2. The molecule has 0 atom stereocenters. The van der Waals surface area contributed by atoms with Crippen LogP contribution in [-0.2, 0) is 14.8 Å². The molecule has 0 aliphatic rings. The summed E-state index contributed by atoms with van der Waals surface area (Å²) in [5, 5.41) is 3.18. The molecule has 124 valence electrons. The molecule has 1 rings (SSSR count). The van der Waals surface area contributed by atoms with Gasteiger partial charge in [0.2, 0.25) is 15.9 Å². The lowest BCUT2D eigenvalue weighted by molar-refractivity contribution is -0.116. The number of hydrogen-bond acceptors (Lipinski definition) is 4. The Morgan fingerprint density at radius 3 is 2.45 bits per heavy atom. The SMILES string of the molecule is COc1cc(Cl)c(C)cc1NC(=O)CN(C(C)C)S(C)(=O)=O. The molecular formula is C14H21ClN2O4S. The standard InChI is InChI=1S/C14H21ClN2O4S/c1-9(2)17(22(5,19)20)8-14(18)16-12-6-10(3)11(15)7-13(12)21-4/h6-7,9H,8H2,1-5H3,(H,16,18). The van der Waals surface area contributed by atoms with Crippen molar-refractivity contribution in [3.05, 3.63) is 22.7 Å². The molecule has 22 heavy (non-hydrogen) atoms. The summed E-state index contributed by atoms with van der Waals surface area (Å²) in [5.41, 5.74) is 1.23. The van der Waals surface area contributed by atoms with E-state index in [1.54, 1.807) is 32.9 Å². The molecule has 1 aromatic rings. The monoisotopic (exact) mass is 348 g/mol. The highest BCUT2D eigenvalue weighted by Crippen LogP contribution is 2.30. The Morgan fingerprint density at radius 2 is 2.00 bits per heavy atom. The molecule has 1 N–H and O–H groups in total. The van der Waals surface area contributed by atoms with Crippen LogP contribution in [0.25, 0.3) is 0 Å². The van der Waals surface area contributed by atoms with Crippen molar-refractivity contribution in [3.8, 4) is 5.75 Å². The number of hydrogen-bond donors (Lipinski definition) is 1. The lowest BCUT2D eigenvalue weighted by Crippen LogP contribution is -2.41. The molecule has 6 nitrogen and oxygen atoms in total. The highest BCUT2D eigenvalue weighted by Gasteiger charge is 2.23. The Labute approximate surface area is 136 Å². The first-order valence-corrected chi connectivity index (χ1v) is 8.89. The average Bonchev–Trinajstić information content (AvgIpc) is 2.38. The number of halogens is 1. The maximum atomic E-state index is 12.1. The fourth-order valence-corrected chi connectivity index (χ4v) is 3.22. The summed E-state index contributed by atoms with van der Waals surface area (Å²) in [6, 6.07) is 2.97. The zero-order valence-corrected chi connectivity index (χ0v) is 14.9. The van der Waals surface area contributed by atoms with Gasteiger partial charge in [0.05, 0.1) is 25.6 Å². The molecule has 0 saturated heterocycles. The zero-order chi connectivity index (χ0) is 17.1. The van der Waals surface area contributed by atoms with Crippen molar-refractivity contribution in [2.24, 2.45) is 0 Å². The van der Waals surface area contributed by atoms with Crippen LogP contribution in [-0.4, -0.2) is 44.6 Å². The lowest BCUT2D eigenvalue weighted by Gasteiger charge is -2.23. The van der Waals surface area contributed by atoms with E-state index in [4.69, 9.17) is 16.3 Å². The van der Waals surface area contributed by atoms with Gasteiger partial charge in [-0.1, -0.05) is 11.6 Å². The van der Waals surface area contributed by atoms with Crippen molar-refractivity contribution < 1.29 is 17.9 Å². The van der Waals surface area contributed by atoms with Crippen LogP contribution in [0.15, 0.2) is 12.1 Å². The molecule has 0 spiro atoms. The highest BCUT2D eigenvalue weighted by molar-refractivity contribution is 7.88. The van der Waals surface area contributed by atoms with E-state index in [1.807, 2.05) is 0 Å². The Morgan fingerprint density at radius 1 is 1.41 bits per heavy atom. The van der Waals surface area contributed by atoms with E-state index in [-0.39, 0.29) is 12.6 Å². The molecular weight excluding hydrogens is 328 g/mol. The van der Waals surface area contributed by atoms with E-state index < -0.39 is 15.9 Å². The first-order chi connectivity index (χ1) is 10.1. The second kappa shape index (κ2) is 7.30. The van der Waals surface area contributed by atoms with Crippen LogP contribution >= 0.6 is 11.6 Å². The van der Waals surface area contributed by atoms with Crippen molar-refractivity contribution in [3.63, 3.8) is 0 Å². The zero-order valence-electron chi connectivity index (χ0n) is 13.3. The molecule has 0 aliphatic heterocycles. The third-order valence-electron chi connectivity index (χ3n) is 3.06. The number of nitrogens with one attached hydrogen (secondary N) is 1. The van der Waals surface area contributed by atoms with E-state index in [9.17, 15) is 13.2 Å². The largest absolute Gasteiger partial charge is 0.495 e. The van der Waals surface area contributed by atoms with Gasteiger partial charge in [0.15, 0.2) is 0 Å². The molecule has 1 amide bonds. The van der Waals surface area contributed by atoms with Gasteiger partial charge >= 0.3 is 0 Å². The number of anilines is 1. The number of sulfonamides is 1. The Bertz CT molecular complexity index is 659. The number of rotatable bonds is 6. The Kier molecular flexibility index (Phi) is 6.22. The van der Waals surface area contributed by atoms with Gasteiger partial charge in [-0.15, -0.1) is 0 Å². The van der Waals surface area contributed by atoms with Gasteiger partial charge in [-0.25, -0.2) is 8.42 Å². The van der Waals surface area contributed by atoms with Crippen molar-refractivity contribution >= 4 is 33.2 Å². The van der Waals surface area contributed by atoms with E-state index in [2.05, 4.69) is 5.32 Å². The summed E-state index contributed by atoms with van der Waals surface area (Å²) in [5.74, 6) is -0.0291. The third-order valence-corrected chi connectivity index (χ3v) is 4.87. The minimum Gasteiger partial charge on any atom is -0.495 e. The fourth-order valence-electron chi connectivity index (χ4n) is 1.94. The summed E-state index contributed by atoms with van der Waals surface area (Å²) in [6.07, 6.45) is 1.08. The summed E-state index contributed by atoms with van der Waals surface area (Å²) >= 11 is 6.01. The van der Waals surface area contributed by atoms with Crippen LogP contribution in [0.3, 0.4) is 0 Å². The van der Waals surface area contributed by atoms with Crippen LogP contribution in [0.4, 0.5) is 5.69 Å². The molecule has 0 radical (unpaired) electrons. The third kappa shape index (κ3) is 4.86. The van der Waals surface area contributed by atoms with Gasteiger partial charge in [0, 0.05) is 17.1 Å². The normalized spacial score (nSPS) is 11.8. The average molecular weight is 349 g/mol. The van der Waals surface area contributed by atoms with Crippen LogP contribution in [0.5, 0.6) is 5.75 Å². The number of aryl methyl sites for hydroxylation is 1. The molecule has 0 bridgehead atoms. The highest BCUT2D eigenvalue weighted by atomic mass is 35.5. The van der Waals surface area contributed by atoms with Crippen LogP contribution < -0.4 is 10.1 Å². The van der Waals surface area contributed by atoms with E-state index in [1.165, 1.54) is 7.11 Å². The van der Waals surface area contributed by atoms with Gasteiger partial charge < -0.3 is 10.1 Å². The van der Waals surface area contributed by atoms with Crippen molar-refractivity contribution in [2.75, 3.05) is 25.2 Å². The summed E-state index contributed by atoms with van der Waals surface area (Å²) in [4.78, 5) is 12.1. The number of methoxy groups -OCH3 is 1. The number of amides is 1. The van der Waals surface area contributed by atoms with Gasteiger partial charge in [-0.2, -0.15) is 4.31 Å². The van der Waals surface area contributed by atoms with E-state index in [0.717, 1.165) is 16.1 Å². The number of benzene rings is 1. The predicted molar refractivity (Wildman–Crippen MR) is 88.1 cm³/mol.